The van der Waals surface area contributed by atoms with Gasteiger partial charge in [0.1, 0.15) is 12.6 Å². The van der Waals surface area contributed by atoms with Crippen LogP contribution in [0.15, 0.2) is 18.2 Å². The molecule has 1 unspecified atom stereocenters. The third-order valence-corrected chi connectivity index (χ3v) is 3.12. The zero-order valence-electron chi connectivity index (χ0n) is 11.6. The summed E-state index contributed by atoms with van der Waals surface area (Å²) in [5.74, 6) is 0.0390. The third-order valence-electron chi connectivity index (χ3n) is 3.12. The van der Waals surface area contributed by atoms with Gasteiger partial charge in [-0.2, -0.15) is 0 Å². The molecule has 1 atom stereocenters. The summed E-state index contributed by atoms with van der Waals surface area (Å²) < 4.78 is 10.6. The fourth-order valence-electron chi connectivity index (χ4n) is 1.81. The minimum absolute atomic E-state index is 0.0106. The van der Waals surface area contributed by atoms with Gasteiger partial charge in [-0.25, -0.2) is 0 Å². The number of benzene rings is 1. The molecule has 21 heavy (non-hydrogen) atoms. The Hall–Kier alpha value is -2.35. The van der Waals surface area contributed by atoms with Crippen LogP contribution in [0, 0.1) is 10.1 Å². The molecule has 1 fully saturated rings. The minimum atomic E-state index is -0.638. The number of ether oxygens (including phenoxy) is 2. The molecular weight excluding hydrogens is 278 g/mol. The summed E-state index contributed by atoms with van der Waals surface area (Å²) in [6.45, 7) is -0.0106. The van der Waals surface area contributed by atoms with Gasteiger partial charge in [-0.05, 0) is 18.9 Å². The Morgan fingerprint density at radius 2 is 2.24 bits per heavy atom. The first-order valence-electron chi connectivity index (χ1n) is 6.52. The largest absolute Gasteiger partial charge is 0.493 e. The van der Waals surface area contributed by atoms with Gasteiger partial charge in [0.25, 0.3) is 5.69 Å². The van der Waals surface area contributed by atoms with Crippen molar-refractivity contribution in [2.45, 2.75) is 24.9 Å². The van der Waals surface area contributed by atoms with Crippen LogP contribution in [0.2, 0.25) is 0 Å². The molecule has 0 aliphatic heterocycles. The van der Waals surface area contributed by atoms with Crippen LogP contribution in [0.3, 0.4) is 0 Å². The zero-order chi connectivity index (χ0) is 15.4. The number of hydrogen-bond acceptors (Lipinski definition) is 6. The predicted molar refractivity (Wildman–Crippen MR) is 74.3 cm³/mol. The summed E-state index contributed by atoms with van der Waals surface area (Å²) in [7, 11) is 1.43. The molecular formula is C13H17N3O5. The molecule has 114 valence electrons. The Morgan fingerprint density at radius 3 is 2.76 bits per heavy atom. The fraction of sp³-hybridized carbons (Fsp3) is 0.462. The molecule has 1 aromatic rings. The van der Waals surface area contributed by atoms with Crippen molar-refractivity contribution in [1.82, 2.24) is 5.32 Å². The van der Waals surface area contributed by atoms with Crippen LogP contribution in [-0.2, 0) is 4.79 Å². The van der Waals surface area contributed by atoms with Gasteiger partial charge >= 0.3 is 0 Å². The maximum Gasteiger partial charge on any atom is 0.273 e. The second kappa shape index (κ2) is 6.40. The molecule has 0 heterocycles. The molecule has 1 saturated carbocycles. The van der Waals surface area contributed by atoms with Crippen molar-refractivity contribution in [2.75, 3.05) is 13.7 Å². The van der Waals surface area contributed by atoms with Gasteiger partial charge in [-0.15, -0.1) is 0 Å². The van der Waals surface area contributed by atoms with Crippen LogP contribution in [-0.4, -0.2) is 36.6 Å². The molecule has 0 bridgehead atoms. The lowest BCUT2D eigenvalue weighted by atomic mass is 10.2. The molecule has 1 amide bonds. The molecule has 8 heteroatoms. The Balaban J connectivity index is 2.07. The number of carbonyl (C=O) groups is 1. The highest BCUT2D eigenvalue weighted by molar-refractivity contribution is 5.80. The van der Waals surface area contributed by atoms with E-state index in [-0.39, 0.29) is 24.1 Å². The maximum absolute atomic E-state index is 11.4. The van der Waals surface area contributed by atoms with E-state index in [0.29, 0.717) is 5.75 Å². The predicted octanol–water partition coefficient (Wildman–Crippen LogP) is 0.588. The van der Waals surface area contributed by atoms with Crippen LogP contribution < -0.4 is 20.5 Å². The van der Waals surface area contributed by atoms with Crippen molar-refractivity contribution in [3.8, 4) is 11.5 Å². The summed E-state index contributed by atoms with van der Waals surface area (Å²) in [5, 5.41) is 13.8. The van der Waals surface area contributed by atoms with Crippen LogP contribution in [0.1, 0.15) is 12.8 Å². The molecule has 1 aliphatic carbocycles. The lowest BCUT2D eigenvalue weighted by Gasteiger charge is -2.17. The molecule has 8 nitrogen and oxygen atoms in total. The average Bonchev–Trinajstić information content (AvgIpc) is 3.26. The van der Waals surface area contributed by atoms with Gasteiger partial charge in [0.15, 0.2) is 11.5 Å². The second-order valence-electron chi connectivity index (χ2n) is 4.80. The van der Waals surface area contributed by atoms with E-state index in [0.717, 1.165) is 12.8 Å². The number of methoxy groups -OCH3 is 1. The van der Waals surface area contributed by atoms with Gasteiger partial charge in [0, 0.05) is 12.1 Å². The number of amides is 1. The number of nitro benzene ring substituents is 1. The number of primary amides is 1. The van der Waals surface area contributed by atoms with Crippen molar-refractivity contribution in [3.63, 3.8) is 0 Å². The van der Waals surface area contributed by atoms with Crippen molar-refractivity contribution in [2.24, 2.45) is 5.73 Å². The zero-order valence-corrected chi connectivity index (χ0v) is 11.6. The summed E-state index contributed by atoms with van der Waals surface area (Å²) in [6.07, 6.45) is 2.01. The van der Waals surface area contributed by atoms with Gasteiger partial charge in [-0.1, -0.05) is 0 Å². The van der Waals surface area contributed by atoms with Gasteiger partial charge in [0.05, 0.1) is 18.1 Å². The second-order valence-corrected chi connectivity index (χ2v) is 4.80. The number of nitrogens with zero attached hydrogens (tertiary/aromatic N) is 1. The lowest BCUT2D eigenvalue weighted by Crippen LogP contribution is -2.46. The normalized spacial score (nSPS) is 15.3. The SMILES string of the molecule is COc1ccc([N+](=O)[O-])cc1OCC(NC1CC1)C(N)=O. The number of nitrogens with two attached hydrogens (primary N) is 1. The molecule has 0 saturated heterocycles. The number of hydrogen-bond donors (Lipinski definition) is 2. The first-order chi connectivity index (χ1) is 10.0. The Bertz CT molecular complexity index is 545. The van der Waals surface area contributed by atoms with E-state index in [9.17, 15) is 14.9 Å². The third kappa shape index (κ3) is 4.06. The van der Waals surface area contributed by atoms with E-state index in [2.05, 4.69) is 5.32 Å². The Morgan fingerprint density at radius 1 is 1.52 bits per heavy atom. The van der Waals surface area contributed by atoms with Crippen molar-refractivity contribution in [3.05, 3.63) is 28.3 Å². The van der Waals surface area contributed by atoms with Crippen LogP contribution >= 0.6 is 0 Å². The minimum Gasteiger partial charge on any atom is -0.493 e. The number of nitrogens with one attached hydrogen (secondary N) is 1. The van der Waals surface area contributed by atoms with E-state index in [1.54, 1.807) is 0 Å². The number of carbonyl (C=O) groups excluding carboxylic acids is 1. The smallest absolute Gasteiger partial charge is 0.273 e. The van der Waals surface area contributed by atoms with Crippen LogP contribution in [0.25, 0.3) is 0 Å². The Kier molecular flexibility index (Phi) is 4.59. The summed E-state index contributed by atoms with van der Waals surface area (Å²) in [4.78, 5) is 21.6. The molecule has 1 aliphatic rings. The van der Waals surface area contributed by atoms with Crippen molar-refractivity contribution < 1.29 is 19.2 Å². The highest BCUT2D eigenvalue weighted by Crippen LogP contribution is 2.31. The quantitative estimate of drug-likeness (QED) is 0.535. The first-order valence-corrected chi connectivity index (χ1v) is 6.52. The molecule has 2 rings (SSSR count). The maximum atomic E-state index is 11.4. The molecule has 3 N–H and O–H groups in total. The van der Waals surface area contributed by atoms with Crippen LogP contribution in [0.4, 0.5) is 5.69 Å². The Labute approximate surface area is 121 Å². The van der Waals surface area contributed by atoms with E-state index in [1.165, 1.54) is 25.3 Å². The molecule has 0 aromatic heterocycles. The van der Waals surface area contributed by atoms with E-state index in [1.807, 2.05) is 0 Å². The monoisotopic (exact) mass is 295 g/mol. The highest BCUT2D eigenvalue weighted by Gasteiger charge is 2.28. The lowest BCUT2D eigenvalue weighted by molar-refractivity contribution is -0.385. The number of non-ortho nitro benzene ring substituents is 1. The van der Waals surface area contributed by atoms with E-state index < -0.39 is 16.9 Å². The number of nitro groups is 1. The number of rotatable bonds is 8. The summed E-state index contributed by atoms with van der Waals surface area (Å²) >= 11 is 0. The standard InChI is InChI=1S/C13H17N3O5/c1-20-11-5-4-9(16(18)19)6-12(11)21-7-10(13(14)17)15-8-2-3-8/h4-6,8,10,15H,2-3,7H2,1H3,(H2,14,17). The highest BCUT2D eigenvalue weighted by atomic mass is 16.6. The molecule has 0 radical (unpaired) electrons. The van der Waals surface area contributed by atoms with Gasteiger partial charge in [-0.3, -0.25) is 14.9 Å². The molecule has 0 spiro atoms. The van der Waals surface area contributed by atoms with Crippen LogP contribution in [0.5, 0.6) is 11.5 Å². The summed E-state index contributed by atoms with van der Waals surface area (Å²) in [6, 6.07) is 3.67. The van der Waals surface area contributed by atoms with E-state index >= 15 is 0 Å². The topological polar surface area (TPSA) is 117 Å². The average molecular weight is 295 g/mol. The van der Waals surface area contributed by atoms with Crippen molar-refractivity contribution >= 4 is 11.6 Å². The first kappa shape index (κ1) is 15.0. The van der Waals surface area contributed by atoms with Gasteiger partial charge < -0.3 is 20.5 Å². The fourth-order valence-corrected chi connectivity index (χ4v) is 1.81. The van der Waals surface area contributed by atoms with E-state index in [4.69, 9.17) is 15.2 Å². The van der Waals surface area contributed by atoms with Gasteiger partial charge in [0.2, 0.25) is 5.91 Å². The summed E-state index contributed by atoms with van der Waals surface area (Å²) in [5.41, 5.74) is 5.19. The van der Waals surface area contributed by atoms with Crippen molar-refractivity contribution in [1.29, 1.82) is 0 Å². The molecule has 1 aromatic carbocycles.